The molecule has 0 unspecified atom stereocenters. The molecule has 2 heterocycles. The topological polar surface area (TPSA) is 84.2 Å². The van der Waals surface area contributed by atoms with Crippen molar-refractivity contribution in [2.24, 2.45) is 0 Å². The fourth-order valence-corrected chi connectivity index (χ4v) is 4.39. The third kappa shape index (κ3) is 3.58. The van der Waals surface area contributed by atoms with Crippen LogP contribution in [-0.4, -0.2) is 36.1 Å². The molecule has 4 rings (SSSR count). The van der Waals surface area contributed by atoms with Crippen molar-refractivity contribution in [2.75, 3.05) is 14.2 Å². The minimum Gasteiger partial charge on any atom is -0.469 e. The second-order valence-electron chi connectivity index (χ2n) is 8.18. The van der Waals surface area contributed by atoms with Crippen LogP contribution in [0.1, 0.15) is 36.4 Å². The number of methoxy groups -OCH3 is 2. The molecule has 0 spiro atoms. The van der Waals surface area contributed by atoms with Gasteiger partial charge in [-0.25, -0.2) is 0 Å². The molecule has 4 aromatic rings. The lowest BCUT2D eigenvalue weighted by Crippen LogP contribution is -2.25. The number of nitrogens with one attached hydrogen (secondary N) is 2. The first kappa shape index (κ1) is 20.7. The van der Waals surface area contributed by atoms with Gasteiger partial charge in [-0.05, 0) is 37.1 Å². The predicted molar refractivity (Wildman–Crippen MR) is 120 cm³/mol. The summed E-state index contributed by atoms with van der Waals surface area (Å²) in [5.74, 6) is -0.596. The van der Waals surface area contributed by atoms with Gasteiger partial charge in [-0.15, -0.1) is 0 Å². The van der Waals surface area contributed by atoms with E-state index in [9.17, 15) is 9.59 Å². The van der Waals surface area contributed by atoms with Gasteiger partial charge in [0.15, 0.2) is 0 Å². The molecule has 0 aliphatic carbocycles. The smallest absolute Gasteiger partial charge is 0.310 e. The highest BCUT2D eigenvalue weighted by atomic mass is 16.5. The minimum absolute atomic E-state index is 0.159. The van der Waals surface area contributed by atoms with Gasteiger partial charge in [0, 0.05) is 38.6 Å². The van der Waals surface area contributed by atoms with Crippen LogP contribution >= 0.6 is 0 Å². The van der Waals surface area contributed by atoms with Gasteiger partial charge in [0.1, 0.15) is 0 Å². The van der Waals surface area contributed by atoms with Crippen LogP contribution in [0.3, 0.4) is 0 Å². The van der Waals surface area contributed by atoms with Crippen LogP contribution in [0, 0.1) is 0 Å². The van der Waals surface area contributed by atoms with Crippen LogP contribution in [-0.2, 0) is 37.3 Å². The lowest BCUT2D eigenvalue weighted by atomic mass is 9.80. The molecule has 0 fully saturated rings. The number of aromatic nitrogens is 2. The summed E-state index contributed by atoms with van der Waals surface area (Å²) in [4.78, 5) is 31.5. The molecular formula is C25H26N2O4. The number of carbonyl (C=O) groups is 2. The van der Waals surface area contributed by atoms with Crippen LogP contribution < -0.4 is 0 Å². The lowest BCUT2D eigenvalue weighted by Gasteiger charge is -2.26. The molecule has 6 heteroatoms. The number of para-hydroxylation sites is 2. The number of esters is 2. The molecule has 0 radical (unpaired) electrons. The van der Waals surface area contributed by atoms with Gasteiger partial charge in [0.25, 0.3) is 0 Å². The van der Waals surface area contributed by atoms with Gasteiger partial charge >= 0.3 is 11.9 Å². The Morgan fingerprint density at radius 3 is 1.52 bits per heavy atom. The molecule has 2 aromatic heterocycles. The summed E-state index contributed by atoms with van der Waals surface area (Å²) in [6, 6.07) is 15.8. The number of H-pyrrole nitrogens is 2. The molecule has 0 bridgehead atoms. The third-order valence-corrected chi connectivity index (χ3v) is 5.97. The van der Waals surface area contributed by atoms with Crippen LogP contribution in [0.5, 0.6) is 0 Å². The summed E-state index contributed by atoms with van der Waals surface area (Å²) in [5.41, 5.74) is 4.98. The fraction of sp³-hybridized carbons (Fsp3) is 0.280. The number of ether oxygens (including phenoxy) is 2. The highest BCUT2D eigenvalue weighted by Gasteiger charge is 2.34. The Morgan fingerprint density at radius 1 is 0.742 bits per heavy atom. The fourth-order valence-electron chi connectivity index (χ4n) is 4.39. The first-order valence-corrected chi connectivity index (χ1v) is 10.2. The van der Waals surface area contributed by atoms with Gasteiger partial charge in [-0.1, -0.05) is 36.4 Å². The average Bonchev–Trinajstić information content (AvgIpc) is 3.33. The Balaban J connectivity index is 1.95. The molecule has 2 N–H and O–H groups in total. The van der Waals surface area contributed by atoms with Gasteiger partial charge in [-0.3, -0.25) is 9.59 Å². The van der Waals surface area contributed by atoms with E-state index in [1.54, 1.807) is 0 Å². The van der Waals surface area contributed by atoms with Crippen molar-refractivity contribution >= 4 is 33.7 Å². The normalized spacial score (nSPS) is 11.7. The number of benzene rings is 2. The quantitative estimate of drug-likeness (QED) is 0.455. The molecule has 2 aromatic carbocycles. The molecule has 31 heavy (non-hydrogen) atoms. The number of fused-ring (bicyclic) bond motifs is 2. The largest absolute Gasteiger partial charge is 0.469 e. The van der Waals surface area contributed by atoms with Crippen molar-refractivity contribution in [3.63, 3.8) is 0 Å². The molecule has 6 nitrogen and oxygen atoms in total. The van der Waals surface area contributed by atoms with Gasteiger partial charge in [-0.2, -0.15) is 0 Å². The summed E-state index contributed by atoms with van der Waals surface area (Å²) < 4.78 is 9.93. The summed E-state index contributed by atoms with van der Waals surface area (Å²) in [6.07, 6.45) is 0.317. The molecular weight excluding hydrogens is 392 g/mol. The third-order valence-electron chi connectivity index (χ3n) is 5.97. The van der Waals surface area contributed by atoms with Crippen molar-refractivity contribution in [1.29, 1.82) is 0 Å². The van der Waals surface area contributed by atoms with Crippen molar-refractivity contribution in [1.82, 2.24) is 9.97 Å². The van der Waals surface area contributed by atoms with Crippen LogP contribution in [0.15, 0.2) is 48.5 Å². The number of aromatic amines is 2. The van der Waals surface area contributed by atoms with Crippen LogP contribution in [0.25, 0.3) is 21.8 Å². The van der Waals surface area contributed by atoms with E-state index in [0.29, 0.717) is 0 Å². The summed E-state index contributed by atoms with van der Waals surface area (Å²) in [5, 5.41) is 1.98. The molecule has 160 valence electrons. The molecule has 0 amide bonds. The van der Waals surface area contributed by atoms with E-state index in [-0.39, 0.29) is 24.8 Å². The first-order chi connectivity index (χ1) is 14.9. The second-order valence-corrected chi connectivity index (χ2v) is 8.18. The first-order valence-electron chi connectivity index (χ1n) is 10.2. The molecule has 0 saturated heterocycles. The Kier molecular flexibility index (Phi) is 5.31. The van der Waals surface area contributed by atoms with E-state index < -0.39 is 5.41 Å². The zero-order valence-electron chi connectivity index (χ0n) is 18.2. The monoisotopic (exact) mass is 418 g/mol. The van der Waals surface area contributed by atoms with Gasteiger partial charge in [0.05, 0.1) is 27.1 Å². The average molecular weight is 418 g/mol. The van der Waals surface area contributed by atoms with E-state index in [1.165, 1.54) is 14.2 Å². The lowest BCUT2D eigenvalue weighted by molar-refractivity contribution is -0.140. The van der Waals surface area contributed by atoms with Crippen molar-refractivity contribution in [3.05, 3.63) is 71.0 Å². The van der Waals surface area contributed by atoms with E-state index in [1.807, 2.05) is 48.5 Å². The Hall–Kier alpha value is -3.54. The van der Waals surface area contributed by atoms with E-state index in [2.05, 4.69) is 23.8 Å². The zero-order valence-corrected chi connectivity index (χ0v) is 18.2. The highest BCUT2D eigenvalue weighted by molar-refractivity contribution is 5.91. The highest BCUT2D eigenvalue weighted by Crippen LogP contribution is 2.40. The molecule has 0 aliphatic heterocycles. The van der Waals surface area contributed by atoms with E-state index in [4.69, 9.17) is 9.47 Å². The standard InChI is InChI=1S/C25H26N2O4/c1-25(2,23-17(13-21(28)30-3)15-9-5-7-11-19(15)26-23)24-18(14-22(29)31-4)16-10-6-8-12-20(16)27-24/h5-12,26-27H,13-14H2,1-4H3. The summed E-state index contributed by atoms with van der Waals surface area (Å²) in [6.45, 7) is 4.17. The second kappa shape index (κ2) is 7.95. The zero-order chi connectivity index (χ0) is 22.2. The predicted octanol–water partition coefficient (Wildman–Crippen LogP) is 4.41. The van der Waals surface area contributed by atoms with Crippen molar-refractivity contribution in [2.45, 2.75) is 32.1 Å². The number of hydrogen-bond acceptors (Lipinski definition) is 4. The SMILES string of the molecule is COC(=O)Cc1c(C(C)(C)c2[nH]c3ccccc3c2CC(=O)OC)[nH]c2ccccc12. The minimum atomic E-state index is -0.551. The molecule has 0 aliphatic rings. The Labute approximate surface area is 180 Å². The molecule has 0 saturated carbocycles. The maximum absolute atomic E-state index is 12.2. The van der Waals surface area contributed by atoms with E-state index >= 15 is 0 Å². The van der Waals surface area contributed by atoms with Gasteiger partial charge < -0.3 is 19.4 Å². The van der Waals surface area contributed by atoms with Crippen LogP contribution in [0.2, 0.25) is 0 Å². The van der Waals surface area contributed by atoms with Crippen molar-refractivity contribution in [3.8, 4) is 0 Å². The maximum atomic E-state index is 12.2. The number of rotatable bonds is 6. The maximum Gasteiger partial charge on any atom is 0.310 e. The van der Waals surface area contributed by atoms with Crippen molar-refractivity contribution < 1.29 is 19.1 Å². The van der Waals surface area contributed by atoms with E-state index in [0.717, 1.165) is 44.3 Å². The Bertz CT molecular complexity index is 1180. The van der Waals surface area contributed by atoms with Crippen LogP contribution in [0.4, 0.5) is 0 Å². The van der Waals surface area contributed by atoms with Gasteiger partial charge in [0.2, 0.25) is 0 Å². The summed E-state index contributed by atoms with van der Waals surface area (Å²) in [7, 11) is 2.79. The number of hydrogen-bond donors (Lipinski definition) is 2. The Morgan fingerprint density at radius 2 is 1.13 bits per heavy atom. The summed E-state index contributed by atoms with van der Waals surface area (Å²) >= 11 is 0. The molecule has 0 atom stereocenters. The number of carbonyl (C=O) groups excluding carboxylic acids is 2.